The van der Waals surface area contributed by atoms with Gasteiger partial charge in [0.25, 0.3) is 0 Å². The Kier molecular flexibility index (Phi) is 4.39. The van der Waals surface area contributed by atoms with Crippen LogP contribution in [0.5, 0.6) is 0 Å². The van der Waals surface area contributed by atoms with E-state index in [1.807, 2.05) is 0 Å². The number of nitrogens with two attached hydrogens (primary N) is 2. The fraction of sp³-hybridized carbons (Fsp3) is 1.00. The summed E-state index contributed by atoms with van der Waals surface area (Å²) in [6.45, 7) is 4.51. The molecule has 2 nitrogen and oxygen atoms in total. The Morgan fingerprint density at radius 3 is 2.43 bits per heavy atom. The second-order valence-electron chi connectivity index (χ2n) is 4.97. The molecule has 0 heterocycles. The van der Waals surface area contributed by atoms with E-state index < -0.39 is 0 Å². The van der Waals surface area contributed by atoms with Crippen LogP contribution in [0, 0.1) is 5.92 Å². The zero-order valence-electron chi connectivity index (χ0n) is 9.76. The molecular weight excluding hydrogens is 172 g/mol. The highest BCUT2D eigenvalue weighted by Gasteiger charge is 2.35. The van der Waals surface area contributed by atoms with E-state index >= 15 is 0 Å². The van der Waals surface area contributed by atoms with E-state index in [1.54, 1.807) is 0 Å². The highest BCUT2D eigenvalue weighted by atomic mass is 14.9. The first-order chi connectivity index (χ1) is 6.62. The van der Waals surface area contributed by atoms with E-state index in [0.29, 0.717) is 0 Å². The Morgan fingerprint density at radius 1 is 1.29 bits per heavy atom. The van der Waals surface area contributed by atoms with Gasteiger partial charge in [0.1, 0.15) is 0 Å². The van der Waals surface area contributed by atoms with Crippen molar-refractivity contribution in [2.24, 2.45) is 17.4 Å². The van der Waals surface area contributed by atoms with Crippen LogP contribution in [0.2, 0.25) is 0 Å². The van der Waals surface area contributed by atoms with Gasteiger partial charge < -0.3 is 11.5 Å². The third-order valence-electron chi connectivity index (χ3n) is 3.97. The van der Waals surface area contributed by atoms with Crippen LogP contribution in [0.3, 0.4) is 0 Å². The van der Waals surface area contributed by atoms with E-state index in [0.717, 1.165) is 25.2 Å². The molecule has 0 spiro atoms. The predicted octanol–water partition coefficient (Wildman–Crippen LogP) is 2.41. The van der Waals surface area contributed by atoms with Crippen LogP contribution in [0.15, 0.2) is 0 Å². The Morgan fingerprint density at radius 2 is 1.93 bits per heavy atom. The average molecular weight is 198 g/mol. The summed E-state index contributed by atoms with van der Waals surface area (Å²) in [6, 6.07) is 0.233. The van der Waals surface area contributed by atoms with Crippen molar-refractivity contribution in [1.82, 2.24) is 0 Å². The number of rotatable bonds is 4. The van der Waals surface area contributed by atoms with Gasteiger partial charge in [-0.15, -0.1) is 0 Å². The molecule has 84 valence electrons. The number of hydrogen-bond acceptors (Lipinski definition) is 2. The first-order valence-electron chi connectivity index (χ1n) is 6.16. The van der Waals surface area contributed by atoms with Gasteiger partial charge in [0.15, 0.2) is 0 Å². The monoisotopic (exact) mass is 198 g/mol. The first kappa shape index (κ1) is 12.0. The molecule has 2 heteroatoms. The van der Waals surface area contributed by atoms with E-state index in [1.165, 1.54) is 25.7 Å². The highest BCUT2D eigenvalue weighted by Crippen LogP contribution is 2.32. The Bertz CT molecular complexity index is 166. The molecule has 2 unspecified atom stereocenters. The summed E-state index contributed by atoms with van der Waals surface area (Å²) < 4.78 is 0. The summed E-state index contributed by atoms with van der Waals surface area (Å²) in [5.74, 6) is 0.768. The molecule has 1 rings (SSSR count). The molecule has 0 aliphatic heterocycles. The molecular formula is C12H26N2. The Labute approximate surface area is 88.4 Å². The Balaban J connectivity index is 2.53. The van der Waals surface area contributed by atoms with E-state index in [4.69, 9.17) is 11.5 Å². The van der Waals surface area contributed by atoms with Gasteiger partial charge in [0.05, 0.1) is 0 Å². The largest absolute Gasteiger partial charge is 0.326 e. The minimum atomic E-state index is -0.0606. The molecule has 1 saturated carbocycles. The molecule has 14 heavy (non-hydrogen) atoms. The Hall–Kier alpha value is -0.0800. The zero-order chi connectivity index (χ0) is 10.6. The van der Waals surface area contributed by atoms with Gasteiger partial charge in [-0.1, -0.05) is 39.5 Å². The molecule has 0 aromatic heterocycles. The van der Waals surface area contributed by atoms with Crippen molar-refractivity contribution < 1.29 is 0 Å². The molecule has 1 fully saturated rings. The summed E-state index contributed by atoms with van der Waals surface area (Å²) >= 11 is 0. The average Bonchev–Trinajstić information content (AvgIpc) is 2.19. The normalized spacial score (nSPS) is 33.6. The van der Waals surface area contributed by atoms with Crippen LogP contribution in [-0.2, 0) is 0 Å². The zero-order valence-corrected chi connectivity index (χ0v) is 9.76. The second kappa shape index (κ2) is 5.13. The topological polar surface area (TPSA) is 52.0 Å². The molecule has 0 saturated heterocycles. The molecule has 2 atom stereocenters. The maximum atomic E-state index is 6.43. The van der Waals surface area contributed by atoms with E-state index in [-0.39, 0.29) is 11.6 Å². The van der Waals surface area contributed by atoms with Gasteiger partial charge in [0.2, 0.25) is 0 Å². The summed E-state index contributed by atoms with van der Waals surface area (Å²) in [6.07, 6.45) is 8.39. The van der Waals surface area contributed by atoms with Crippen molar-refractivity contribution in [2.45, 2.75) is 70.4 Å². The summed E-state index contributed by atoms with van der Waals surface area (Å²) in [4.78, 5) is 0. The smallest absolute Gasteiger partial charge is 0.0310 e. The molecule has 4 N–H and O–H groups in total. The van der Waals surface area contributed by atoms with E-state index in [9.17, 15) is 0 Å². The lowest BCUT2D eigenvalue weighted by Gasteiger charge is -2.41. The molecule has 0 aromatic rings. The van der Waals surface area contributed by atoms with Crippen molar-refractivity contribution in [3.05, 3.63) is 0 Å². The number of hydrogen-bond donors (Lipinski definition) is 2. The molecule has 0 amide bonds. The van der Waals surface area contributed by atoms with Gasteiger partial charge in [-0.05, 0) is 25.2 Å². The third kappa shape index (κ3) is 2.71. The van der Waals surface area contributed by atoms with Crippen LogP contribution in [0.25, 0.3) is 0 Å². The quantitative estimate of drug-likeness (QED) is 0.729. The molecule has 0 bridgehead atoms. The van der Waals surface area contributed by atoms with E-state index in [2.05, 4.69) is 13.8 Å². The fourth-order valence-corrected chi connectivity index (χ4v) is 2.66. The highest BCUT2D eigenvalue weighted by molar-refractivity contribution is 4.98. The van der Waals surface area contributed by atoms with Crippen molar-refractivity contribution in [3.63, 3.8) is 0 Å². The summed E-state index contributed by atoms with van der Waals surface area (Å²) in [5.41, 5.74) is 12.5. The lowest BCUT2D eigenvalue weighted by Crippen LogP contribution is -2.57. The first-order valence-corrected chi connectivity index (χ1v) is 6.16. The van der Waals surface area contributed by atoms with Gasteiger partial charge in [-0.3, -0.25) is 0 Å². The van der Waals surface area contributed by atoms with Crippen LogP contribution < -0.4 is 11.5 Å². The third-order valence-corrected chi connectivity index (χ3v) is 3.97. The van der Waals surface area contributed by atoms with Crippen molar-refractivity contribution in [1.29, 1.82) is 0 Å². The van der Waals surface area contributed by atoms with Crippen LogP contribution >= 0.6 is 0 Å². The lowest BCUT2D eigenvalue weighted by atomic mass is 9.72. The van der Waals surface area contributed by atoms with Gasteiger partial charge in [0, 0.05) is 11.6 Å². The van der Waals surface area contributed by atoms with Gasteiger partial charge >= 0.3 is 0 Å². The lowest BCUT2D eigenvalue weighted by molar-refractivity contribution is 0.199. The van der Waals surface area contributed by atoms with Crippen molar-refractivity contribution in [3.8, 4) is 0 Å². The van der Waals surface area contributed by atoms with Crippen LogP contribution in [0.1, 0.15) is 58.8 Å². The SMILES string of the molecule is CCC(CC)CC1(N)CCCCC1N. The molecule has 1 aliphatic rings. The predicted molar refractivity (Wildman–Crippen MR) is 62.1 cm³/mol. The minimum absolute atomic E-state index is 0.0606. The maximum absolute atomic E-state index is 6.43. The minimum Gasteiger partial charge on any atom is -0.326 e. The summed E-state index contributed by atoms with van der Waals surface area (Å²) in [5, 5.41) is 0. The van der Waals surface area contributed by atoms with Gasteiger partial charge in [-0.25, -0.2) is 0 Å². The van der Waals surface area contributed by atoms with Crippen LogP contribution in [0.4, 0.5) is 0 Å². The molecule has 0 radical (unpaired) electrons. The maximum Gasteiger partial charge on any atom is 0.0310 e. The fourth-order valence-electron chi connectivity index (χ4n) is 2.66. The van der Waals surface area contributed by atoms with Crippen molar-refractivity contribution >= 4 is 0 Å². The second-order valence-corrected chi connectivity index (χ2v) is 4.97. The molecule has 0 aromatic carbocycles. The molecule has 1 aliphatic carbocycles. The van der Waals surface area contributed by atoms with Crippen LogP contribution in [-0.4, -0.2) is 11.6 Å². The van der Waals surface area contributed by atoms with Gasteiger partial charge in [-0.2, -0.15) is 0 Å². The standard InChI is InChI=1S/C12H26N2/c1-3-10(4-2)9-12(14)8-6-5-7-11(12)13/h10-11H,3-9,13-14H2,1-2H3. The van der Waals surface area contributed by atoms with Crippen molar-refractivity contribution in [2.75, 3.05) is 0 Å². The summed E-state index contributed by atoms with van der Waals surface area (Å²) in [7, 11) is 0.